The van der Waals surface area contributed by atoms with Gasteiger partial charge in [0.1, 0.15) is 0 Å². The number of benzene rings is 2. The van der Waals surface area contributed by atoms with Crippen molar-refractivity contribution in [1.29, 1.82) is 0 Å². The summed E-state index contributed by atoms with van der Waals surface area (Å²) in [7, 11) is 7.00. The molecule has 0 aliphatic heterocycles. The van der Waals surface area contributed by atoms with Gasteiger partial charge in [-0.25, -0.2) is 0 Å². The van der Waals surface area contributed by atoms with Gasteiger partial charge in [-0.2, -0.15) is 0 Å². The van der Waals surface area contributed by atoms with Gasteiger partial charge in [-0.1, -0.05) is 90.8 Å². The van der Waals surface area contributed by atoms with Crippen molar-refractivity contribution in [3.8, 4) is 0 Å². The van der Waals surface area contributed by atoms with E-state index in [0.29, 0.717) is 0 Å². The van der Waals surface area contributed by atoms with Gasteiger partial charge in [0.05, 0.1) is 4.88 Å². The number of fused-ring (bicyclic) bond motifs is 2. The van der Waals surface area contributed by atoms with Crippen LogP contribution in [0.3, 0.4) is 0 Å². The molecule has 108 valence electrons. The third kappa shape index (κ3) is 3.74. The van der Waals surface area contributed by atoms with Crippen molar-refractivity contribution in [2.75, 3.05) is 0 Å². The van der Waals surface area contributed by atoms with Crippen molar-refractivity contribution in [2.45, 2.75) is 9.79 Å². The van der Waals surface area contributed by atoms with Gasteiger partial charge in [0, 0.05) is 26.8 Å². The first-order valence-corrected chi connectivity index (χ1v) is 21.8. The van der Waals surface area contributed by atoms with Crippen LogP contribution in [0, 0.1) is 0 Å². The maximum atomic E-state index is 2.36. The minimum absolute atomic E-state index is 0.106. The Kier molecular flexibility index (Phi) is 5.37. The summed E-state index contributed by atoms with van der Waals surface area (Å²) in [6.45, 7) is 0. The Morgan fingerprint density at radius 2 is 1.10 bits per heavy atom. The maximum absolute atomic E-state index is 2.36. The molecule has 2 unspecified atom stereocenters. The average molecular weight is 438 g/mol. The summed E-state index contributed by atoms with van der Waals surface area (Å²) >= 11 is 4.34. The third-order valence-corrected chi connectivity index (χ3v) is 64.2. The highest BCUT2D eigenvalue weighted by atomic mass is 33.5. The first-order valence-electron chi connectivity index (χ1n) is 6.09. The van der Waals surface area contributed by atoms with E-state index in [1.54, 1.807) is 0 Å². The third-order valence-electron chi connectivity index (χ3n) is 2.55. The van der Waals surface area contributed by atoms with Crippen LogP contribution in [0.5, 0.6) is 0 Å². The van der Waals surface area contributed by atoms with E-state index in [1.807, 2.05) is 0 Å². The van der Waals surface area contributed by atoms with Gasteiger partial charge in [-0.15, -0.1) is 0 Å². The lowest BCUT2D eigenvalue weighted by atomic mass is 10.4. The Labute approximate surface area is 145 Å². The Morgan fingerprint density at radius 1 is 0.619 bits per heavy atom. The SMILES string of the molecule is c1ccc(Sp2sp3sp(Sc4ccccc4)p2s3)cc1. The summed E-state index contributed by atoms with van der Waals surface area (Å²) in [5, 5.41) is 0. The second-order valence-electron chi connectivity index (χ2n) is 4.01. The maximum Gasteiger partial charge on any atom is 0.0836 e. The largest absolute Gasteiger partial charge is 0.0836 e. The Hall–Kier alpha value is 1.00. The molecule has 0 spiro atoms. The molecule has 0 aliphatic rings. The van der Waals surface area contributed by atoms with E-state index in [-0.39, 0.29) is 21.9 Å². The molecule has 0 radical (unpaired) electrons. The van der Waals surface area contributed by atoms with E-state index in [2.05, 4.69) is 115 Å². The lowest BCUT2D eigenvalue weighted by Gasteiger charge is -2.03. The predicted molar refractivity (Wildman–Crippen MR) is 112 cm³/mol. The highest BCUT2D eigenvalue weighted by molar-refractivity contribution is 9.03. The first kappa shape index (κ1) is 15.5. The van der Waals surface area contributed by atoms with Crippen LogP contribution in [0.25, 0.3) is 0 Å². The fourth-order valence-electron chi connectivity index (χ4n) is 1.65. The minimum atomic E-state index is 0.106. The smallest absolute Gasteiger partial charge is 0.0675 e. The molecule has 0 amide bonds. The fraction of sp³-hybridized carbons (Fsp3) is 0. The zero-order valence-electron chi connectivity index (χ0n) is 10.6. The molecule has 0 nitrogen and oxygen atoms in total. The van der Waals surface area contributed by atoms with Crippen LogP contribution in [-0.4, -0.2) is 0 Å². The van der Waals surface area contributed by atoms with Crippen LogP contribution in [0.4, 0.5) is 0 Å². The summed E-state index contributed by atoms with van der Waals surface area (Å²) < 4.78 is 0. The van der Waals surface area contributed by atoms with Crippen molar-refractivity contribution < 1.29 is 0 Å². The van der Waals surface area contributed by atoms with E-state index >= 15 is 0 Å². The van der Waals surface area contributed by atoms with E-state index in [0.717, 1.165) is 0 Å². The topological polar surface area (TPSA) is 0 Å². The van der Waals surface area contributed by atoms with Crippen LogP contribution in [-0.2, 0) is 0 Å². The molecule has 2 aromatic carbocycles. The molecule has 2 heterocycles. The van der Waals surface area contributed by atoms with Gasteiger partial charge < -0.3 is 0 Å². The van der Waals surface area contributed by atoms with Crippen molar-refractivity contribution >= 4 is 76.3 Å². The quantitative estimate of drug-likeness (QED) is 0.311. The van der Waals surface area contributed by atoms with Crippen LogP contribution in [0.15, 0.2) is 70.5 Å². The molecule has 4 rings (SSSR count). The van der Waals surface area contributed by atoms with Gasteiger partial charge in [0.2, 0.25) is 0 Å². The van der Waals surface area contributed by atoms with E-state index < -0.39 is 0 Å². The summed E-state index contributed by atoms with van der Waals surface area (Å²) in [6, 6.07) is 22.0. The van der Waals surface area contributed by atoms with Crippen molar-refractivity contribution in [1.82, 2.24) is 0 Å². The van der Waals surface area contributed by atoms with Gasteiger partial charge in [-0.3, -0.25) is 0 Å². The Balaban J connectivity index is 1.64. The molecule has 9 heteroatoms. The molecule has 2 atom stereocenters. The zero-order chi connectivity index (χ0) is 14.1. The lowest BCUT2D eigenvalue weighted by molar-refractivity contribution is 1.48. The van der Waals surface area contributed by atoms with Crippen LogP contribution >= 0.6 is 76.3 Å². The predicted octanol–water partition coefficient (Wildman–Crippen LogP) is 9.80. The van der Waals surface area contributed by atoms with Crippen molar-refractivity contribution in [3.63, 3.8) is 0 Å². The van der Waals surface area contributed by atoms with Gasteiger partial charge in [0.15, 0.2) is 0 Å². The van der Waals surface area contributed by atoms with E-state index in [9.17, 15) is 0 Å². The zero-order valence-corrected chi connectivity index (χ0v) is 18.3. The second kappa shape index (κ2) is 7.27. The number of hydrogen-bond acceptors (Lipinski definition) is 5. The molecule has 0 N–H and O–H groups in total. The summed E-state index contributed by atoms with van der Waals surface area (Å²) in [6.07, 6.45) is 0. The molecular formula is C12H10P4S5. The molecule has 2 aromatic heterocycles. The standard InChI is InChI=1S/C12H10P4S5/c1-3-7-11(8-4-1)17-14-13-15(21-16(19-13)20-14)18-12-9-5-2-6-10-12/h1-10H. The fourth-order valence-corrected chi connectivity index (χ4v) is 113. The minimum Gasteiger partial charge on any atom is -0.0675 e. The monoisotopic (exact) mass is 438 g/mol. The van der Waals surface area contributed by atoms with Crippen LogP contribution in [0.2, 0.25) is 0 Å². The van der Waals surface area contributed by atoms with Crippen molar-refractivity contribution in [3.05, 3.63) is 60.7 Å². The summed E-state index contributed by atoms with van der Waals surface area (Å²) in [4.78, 5) is 3.09. The first-order chi connectivity index (χ1) is 10.4. The molecule has 21 heavy (non-hydrogen) atoms. The lowest BCUT2D eigenvalue weighted by Crippen LogP contribution is -1.62. The molecule has 0 fully saturated rings. The van der Waals surface area contributed by atoms with E-state index in [1.165, 1.54) is 9.79 Å². The van der Waals surface area contributed by atoms with Gasteiger partial charge in [-0.05, 0) is 24.3 Å². The Morgan fingerprint density at radius 3 is 1.52 bits per heavy atom. The van der Waals surface area contributed by atoms with Gasteiger partial charge >= 0.3 is 0 Å². The Bertz CT molecular complexity index is 786. The highest BCUT2D eigenvalue weighted by Crippen LogP contribution is 2.88. The molecule has 2 bridgehead atoms. The summed E-state index contributed by atoms with van der Waals surface area (Å²) in [5.74, 6) is 0.184. The van der Waals surface area contributed by atoms with Crippen LogP contribution < -0.4 is 0 Å². The van der Waals surface area contributed by atoms with E-state index in [4.69, 9.17) is 0 Å². The molecule has 0 aliphatic carbocycles. The van der Waals surface area contributed by atoms with Crippen molar-refractivity contribution in [2.24, 2.45) is 0 Å². The number of hydrogen-bond donors (Lipinski definition) is 0. The molecule has 0 saturated carbocycles. The summed E-state index contributed by atoms with van der Waals surface area (Å²) in [5.41, 5.74) is 0.213. The highest BCUT2D eigenvalue weighted by Gasteiger charge is 2.15. The average Bonchev–Trinajstić information content (AvgIpc) is 3.09. The molecule has 0 saturated heterocycles. The van der Waals surface area contributed by atoms with Crippen LogP contribution in [0.1, 0.15) is 0 Å². The number of rotatable bonds is 4. The molecular weight excluding hydrogens is 428 g/mol. The normalized spacial score (nSPS) is 14.7. The molecule has 4 aromatic rings. The second-order valence-corrected chi connectivity index (χ2v) is 37.5. The van der Waals surface area contributed by atoms with Gasteiger partial charge in [0.25, 0.3) is 0 Å².